The summed E-state index contributed by atoms with van der Waals surface area (Å²) in [4.78, 5) is 37.1. The van der Waals surface area contributed by atoms with Crippen molar-refractivity contribution in [1.29, 1.82) is 0 Å². The second kappa shape index (κ2) is 11.4. The number of thioether (sulfide) groups is 1. The SMILES string of the molecule is Cc1cccc(-c2cn3c(n2)sc2cc(C(=O)NCCCN4CCSCC4)ccc23)c1.O=C=O. The molecular weight excluding hydrogens is 468 g/mol. The van der Waals surface area contributed by atoms with Crippen molar-refractivity contribution in [2.75, 3.05) is 37.7 Å². The van der Waals surface area contributed by atoms with E-state index in [1.54, 1.807) is 11.3 Å². The van der Waals surface area contributed by atoms with Crippen molar-refractivity contribution in [2.45, 2.75) is 13.3 Å². The normalized spacial score (nSPS) is 13.9. The van der Waals surface area contributed by atoms with Crippen molar-refractivity contribution < 1.29 is 14.4 Å². The Balaban J connectivity index is 0.000000868. The lowest BCUT2D eigenvalue weighted by atomic mass is 10.1. The number of hydrogen-bond donors (Lipinski definition) is 1. The lowest BCUT2D eigenvalue weighted by Gasteiger charge is -2.25. The van der Waals surface area contributed by atoms with Crippen LogP contribution in [0.1, 0.15) is 22.3 Å². The van der Waals surface area contributed by atoms with Crippen LogP contribution in [-0.2, 0) is 9.59 Å². The van der Waals surface area contributed by atoms with E-state index in [-0.39, 0.29) is 12.1 Å². The molecule has 1 fully saturated rings. The molecule has 0 radical (unpaired) electrons. The Morgan fingerprint density at radius 3 is 2.71 bits per heavy atom. The zero-order valence-corrected chi connectivity index (χ0v) is 20.6. The molecule has 1 amide bonds. The van der Waals surface area contributed by atoms with E-state index >= 15 is 0 Å². The number of benzene rings is 2. The number of aromatic nitrogens is 2. The molecule has 0 unspecified atom stereocenters. The van der Waals surface area contributed by atoms with Gasteiger partial charge in [-0.25, -0.2) is 4.98 Å². The number of imidazole rings is 1. The first-order valence-electron chi connectivity index (χ1n) is 11.2. The summed E-state index contributed by atoms with van der Waals surface area (Å²) in [6, 6.07) is 14.3. The van der Waals surface area contributed by atoms with E-state index in [2.05, 4.69) is 52.0 Å². The van der Waals surface area contributed by atoms with Crippen molar-refractivity contribution in [3.8, 4) is 11.3 Å². The van der Waals surface area contributed by atoms with E-state index in [9.17, 15) is 4.79 Å². The Bertz CT molecular complexity index is 1320. The Kier molecular flexibility index (Phi) is 8.13. The van der Waals surface area contributed by atoms with E-state index in [0.29, 0.717) is 12.1 Å². The van der Waals surface area contributed by atoms with Crippen LogP contribution in [0.25, 0.3) is 26.4 Å². The van der Waals surface area contributed by atoms with E-state index < -0.39 is 0 Å². The third-order valence-electron chi connectivity index (χ3n) is 5.71. The van der Waals surface area contributed by atoms with Gasteiger partial charge in [0.15, 0.2) is 4.96 Å². The van der Waals surface area contributed by atoms with E-state index in [4.69, 9.17) is 14.6 Å². The first kappa shape index (κ1) is 24.2. The highest BCUT2D eigenvalue weighted by atomic mass is 32.2. The maximum atomic E-state index is 12.6. The molecule has 9 heteroatoms. The number of carbonyl (C=O) groups excluding carboxylic acids is 3. The van der Waals surface area contributed by atoms with Crippen LogP contribution < -0.4 is 5.32 Å². The third-order valence-corrected chi connectivity index (χ3v) is 7.67. The Hall–Kier alpha value is -2.97. The molecule has 0 saturated carbocycles. The minimum atomic E-state index is 0.00240. The van der Waals surface area contributed by atoms with Crippen LogP contribution in [0.15, 0.2) is 48.7 Å². The Labute approximate surface area is 206 Å². The quantitative estimate of drug-likeness (QED) is 0.406. The van der Waals surface area contributed by atoms with Crippen LogP contribution in [-0.4, -0.2) is 64.0 Å². The molecule has 176 valence electrons. The number of aryl methyl sites for hydroxylation is 1. The summed E-state index contributed by atoms with van der Waals surface area (Å²) >= 11 is 3.65. The van der Waals surface area contributed by atoms with E-state index in [1.165, 1.54) is 30.2 Å². The molecule has 2 aromatic carbocycles. The van der Waals surface area contributed by atoms with Gasteiger partial charge in [-0.15, -0.1) is 0 Å². The number of thiazole rings is 1. The molecule has 0 bridgehead atoms. The minimum absolute atomic E-state index is 0.00240. The molecule has 0 aliphatic carbocycles. The van der Waals surface area contributed by atoms with Gasteiger partial charge in [0, 0.05) is 48.5 Å². The van der Waals surface area contributed by atoms with Gasteiger partial charge in [0.25, 0.3) is 5.91 Å². The van der Waals surface area contributed by atoms with Crippen molar-refractivity contribution in [3.63, 3.8) is 0 Å². The molecule has 2 aromatic heterocycles. The average molecular weight is 495 g/mol. The van der Waals surface area contributed by atoms with Gasteiger partial charge in [-0.05, 0) is 44.2 Å². The molecule has 4 aromatic rings. The van der Waals surface area contributed by atoms with E-state index in [1.807, 2.05) is 30.0 Å². The molecule has 7 nitrogen and oxygen atoms in total. The highest BCUT2D eigenvalue weighted by Crippen LogP contribution is 2.30. The fraction of sp³-hybridized carbons (Fsp3) is 0.320. The molecule has 1 aliphatic heterocycles. The summed E-state index contributed by atoms with van der Waals surface area (Å²) in [6.07, 6.45) is 3.33. The maximum absolute atomic E-state index is 12.6. The number of rotatable bonds is 6. The van der Waals surface area contributed by atoms with Gasteiger partial charge in [0.2, 0.25) is 0 Å². The zero-order valence-electron chi connectivity index (χ0n) is 19.0. The standard InChI is InChI=1S/C24H26N4OS2.CO2/c1-17-4-2-5-18(14-17)20-16-28-21-7-6-19(15-22(21)31-24(28)26-20)23(29)25-8-3-9-27-10-12-30-13-11-27;2-1-3/h2,4-7,14-16H,3,8-13H2,1H3,(H,25,29);. The van der Waals surface area contributed by atoms with Crippen LogP contribution in [0.4, 0.5) is 0 Å². The first-order chi connectivity index (χ1) is 16.6. The molecule has 1 saturated heterocycles. The summed E-state index contributed by atoms with van der Waals surface area (Å²) in [5.41, 5.74) is 5.13. The van der Waals surface area contributed by atoms with Crippen molar-refractivity contribution in [1.82, 2.24) is 19.6 Å². The molecule has 0 spiro atoms. The molecule has 0 atom stereocenters. The topological polar surface area (TPSA) is 83.8 Å². The second-order valence-corrected chi connectivity index (χ2v) is 10.3. The Morgan fingerprint density at radius 1 is 1.15 bits per heavy atom. The number of carbonyl (C=O) groups is 1. The largest absolute Gasteiger partial charge is 0.373 e. The van der Waals surface area contributed by atoms with Crippen molar-refractivity contribution in [3.05, 3.63) is 59.8 Å². The Morgan fingerprint density at radius 2 is 1.94 bits per heavy atom. The predicted molar refractivity (Wildman–Crippen MR) is 136 cm³/mol. The zero-order chi connectivity index (χ0) is 23.9. The van der Waals surface area contributed by atoms with Gasteiger partial charge in [0.05, 0.1) is 15.9 Å². The summed E-state index contributed by atoms with van der Waals surface area (Å²) < 4.78 is 3.20. The van der Waals surface area contributed by atoms with Gasteiger partial charge in [-0.3, -0.25) is 9.20 Å². The fourth-order valence-corrected chi connectivity index (χ4v) is 6.04. The van der Waals surface area contributed by atoms with E-state index in [0.717, 1.165) is 39.4 Å². The van der Waals surface area contributed by atoms with Crippen LogP contribution in [0.2, 0.25) is 0 Å². The predicted octanol–water partition coefficient (Wildman–Crippen LogP) is 4.11. The summed E-state index contributed by atoms with van der Waals surface area (Å²) in [6.45, 7) is 6.21. The molecule has 3 heterocycles. The third kappa shape index (κ3) is 5.74. The molecule has 34 heavy (non-hydrogen) atoms. The summed E-state index contributed by atoms with van der Waals surface area (Å²) in [5, 5.41) is 3.08. The minimum Gasteiger partial charge on any atom is -0.352 e. The lowest BCUT2D eigenvalue weighted by Crippen LogP contribution is -2.35. The lowest BCUT2D eigenvalue weighted by molar-refractivity contribution is -0.191. The number of nitrogens with one attached hydrogen (secondary N) is 1. The van der Waals surface area contributed by atoms with Gasteiger partial charge in [0.1, 0.15) is 0 Å². The number of nitrogens with zero attached hydrogens (tertiary/aromatic N) is 3. The van der Waals surface area contributed by atoms with Gasteiger partial charge in [-0.1, -0.05) is 35.1 Å². The first-order valence-corrected chi connectivity index (χ1v) is 13.1. The highest BCUT2D eigenvalue weighted by Gasteiger charge is 2.14. The van der Waals surface area contributed by atoms with Gasteiger partial charge in [-0.2, -0.15) is 21.4 Å². The monoisotopic (exact) mass is 494 g/mol. The number of amides is 1. The average Bonchev–Trinajstić information content (AvgIpc) is 3.41. The van der Waals surface area contributed by atoms with Crippen LogP contribution >= 0.6 is 23.1 Å². The molecule has 1 N–H and O–H groups in total. The van der Waals surface area contributed by atoms with Crippen LogP contribution in [0.5, 0.6) is 0 Å². The highest BCUT2D eigenvalue weighted by molar-refractivity contribution is 7.99. The summed E-state index contributed by atoms with van der Waals surface area (Å²) in [5.74, 6) is 2.45. The van der Waals surface area contributed by atoms with Gasteiger partial charge >= 0.3 is 6.15 Å². The second-order valence-electron chi connectivity index (χ2n) is 8.08. The fourth-order valence-electron chi connectivity index (χ4n) is 4.02. The number of fused-ring (bicyclic) bond motifs is 3. The number of hydrogen-bond acceptors (Lipinski definition) is 7. The van der Waals surface area contributed by atoms with Gasteiger partial charge < -0.3 is 10.2 Å². The molecule has 5 rings (SSSR count). The molecule has 1 aliphatic rings. The maximum Gasteiger partial charge on any atom is 0.373 e. The smallest absolute Gasteiger partial charge is 0.352 e. The van der Waals surface area contributed by atoms with Crippen molar-refractivity contribution in [2.24, 2.45) is 0 Å². The van der Waals surface area contributed by atoms with Crippen molar-refractivity contribution >= 4 is 50.3 Å². The summed E-state index contributed by atoms with van der Waals surface area (Å²) in [7, 11) is 0. The van der Waals surface area contributed by atoms with Crippen LogP contribution in [0.3, 0.4) is 0 Å². The van der Waals surface area contributed by atoms with Crippen LogP contribution in [0, 0.1) is 6.92 Å². The molecular formula is C25H26N4O3S2.